The van der Waals surface area contributed by atoms with Gasteiger partial charge in [0.2, 0.25) is 15.9 Å². The van der Waals surface area contributed by atoms with E-state index in [4.69, 9.17) is 24.8 Å². The number of pyridine rings is 1. The van der Waals surface area contributed by atoms with Crippen molar-refractivity contribution >= 4 is 22.0 Å². The van der Waals surface area contributed by atoms with E-state index in [1.54, 1.807) is 6.07 Å². The second-order valence-corrected chi connectivity index (χ2v) is 9.62. The molecule has 0 atom stereocenters. The Kier molecular flexibility index (Phi) is 8.18. The number of ether oxygens (including phenoxy) is 2. The molecule has 2 aliphatic rings. The van der Waals surface area contributed by atoms with Crippen LogP contribution in [-0.4, -0.2) is 55.4 Å². The van der Waals surface area contributed by atoms with E-state index in [-0.39, 0.29) is 5.56 Å². The molecule has 2 aromatic rings. The highest BCUT2D eigenvalue weighted by Gasteiger charge is 2.27. The first-order valence-electron chi connectivity index (χ1n) is 10.6. The van der Waals surface area contributed by atoms with E-state index in [1.165, 1.54) is 6.07 Å². The Labute approximate surface area is 195 Å². The van der Waals surface area contributed by atoms with E-state index >= 15 is 0 Å². The van der Waals surface area contributed by atoms with E-state index in [0.29, 0.717) is 30.4 Å². The lowest BCUT2D eigenvalue weighted by molar-refractivity contribution is 0.0489. The van der Waals surface area contributed by atoms with Gasteiger partial charge in [-0.1, -0.05) is 0 Å². The largest absolute Gasteiger partial charge is 0.478 e. The van der Waals surface area contributed by atoms with Crippen molar-refractivity contribution in [1.82, 2.24) is 4.98 Å². The maximum atomic E-state index is 12.9. The lowest BCUT2D eigenvalue weighted by Gasteiger charge is -2.21. The smallest absolute Gasteiger partial charge is 0.338 e. The number of hydrogen-bond donors (Lipinski definition) is 3. The first kappa shape index (κ1) is 25.5. The number of aromatic nitrogens is 1. The number of aromatic carboxylic acids is 2. The zero-order chi connectivity index (χ0) is 24.9. The summed E-state index contributed by atoms with van der Waals surface area (Å²) in [5.41, 5.74) is 0.521. The van der Waals surface area contributed by atoms with Crippen LogP contribution in [0.25, 0.3) is 0 Å². The highest BCUT2D eigenvalue weighted by molar-refractivity contribution is 7.89. The fraction of sp³-hybridized carbons (Fsp3) is 0.409. The molecule has 0 radical (unpaired) electrons. The van der Waals surface area contributed by atoms with Gasteiger partial charge in [0, 0.05) is 30.9 Å². The van der Waals surface area contributed by atoms with Crippen molar-refractivity contribution < 1.29 is 42.1 Å². The van der Waals surface area contributed by atoms with Gasteiger partial charge in [0.05, 0.1) is 22.6 Å². The van der Waals surface area contributed by atoms with Crippen LogP contribution < -0.4 is 9.88 Å². The third-order valence-corrected chi connectivity index (χ3v) is 6.28. The van der Waals surface area contributed by atoms with E-state index in [2.05, 4.69) is 4.98 Å². The van der Waals surface area contributed by atoms with Crippen molar-refractivity contribution in [1.29, 1.82) is 0 Å². The minimum atomic E-state index is -4.00. The van der Waals surface area contributed by atoms with Crippen LogP contribution in [0, 0.1) is 11.7 Å². The fourth-order valence-electron chi connectivity index (χ4n) is 3.27. The molecule has 0 bridgehead atoms. The molecular formula is C22H25FN2O8S. The summed E-state index contributed by atoms with van der Waals surface area (Å²) >= 11 is 0. The van der Waals surface area contributed by atoms with Gasteiger partial charge >= 0.3 is 11.9 Å². The minimum absolute atomic E-state index is 0.267. The Balaban J connectivity index is 0.000000204. The first-order valence-corrected chi connectivity index (χ1v) is 12.1. The molecule has 1 saturated carbocycles. The van der Waals surface area contributed by atoms with Gasteiger partial charge in [-0.25, -0.2) is 32.5 Å². The summed E-state index contributed by atoms with van der Waals surface area (Å²) < 4.78 is 45.4. The summed E-state index contributed by atoms with van der Waals surface area (Å²) in [7, 11) is -4.00. The third-order valence-electron chi connectivity index (χ3n) is 5.37. The lowest BCUT2D eigenvalue weighted by atomic mass is 10.0. The van der Waals surface area contributed by atoms with Crippen LogP contribution in [0.4, 0.5) is 4.39 Å². The van der Waals surface area contributed by atoms with E-state index in [0.717, 1.165) is 56.7 Å². The molecular weight excluding hydrogens is 471 g/mol. The Morgan fingerprint density at radius 3 is 2.29 bits per heavy atom. The predicted molar refractivity (Wildman–Crippen MR) is 117 cm³/mol. The summed E-state index contributed by atoms with van der Waals surface area (Å²) in [6, 6.07) is 5.53. The summed E-state index contributed by atoms with van der Waals surface area (Å²) in [5.74, 6) is -2.20. The van der Waals surface area contributed by atoms with Crippen LogP contribution in [0.5, 0.6) is 5.88 Å². The third kappa shape index (κ3) is 7.20. The molecule has 2 heterocycles. The highest BCUT2D eigenvalue weighted by atomic mass is 32.2. The van der Waals surface area contributed by atoms with Crippen molar-refractivity contribution in [2.24, 2.45) is 11.1 Å². The predicted octanol–water partition coefficient (Wildman–Crippen LogP) is 2.63. The second kappa shape index (κ2) is 10.9. The molecule has 34 heavy (non-hydrogen) atoms. The van der Waals surface area contributed by atoms with Crippen molar-refractivity contribution in [3.8, 4) is 5.88 Å². The average Bonchev–Trinajstić information content (AvgIpc) is 3.63. The van der Waals surface area contributed by atoms with Crippen LogP contribution in [-0.2, 0) is 14.8 Å². The molecule has 4 N–H and O–H groups in total. The molecule has 4 rings (SSSR count). The number of carboxylic acid groups (broad SMARTS) is 2. The minimum Gasteiger partial charge on any atom is -0.478 e. The van der Waals surface area contributed by atoms with Crippen LogP contribution in [0.15, 0.2) is 35.2 Å². The van der Waals surface area contributed by atoms with Crippen molar-refractivity contribution in [3.05, 3.63) is 53.0 Å². The molecule has 1 saturated heterocycles. The van der Waals surface area contributed by atoms with Gasteiger partial charge < -0.3 is 19.7 Å². The monoisotopic (exact) mass is 496 g/mol. The van der Waals surface area contributed by atoms with Crippen LogP contribution in [0.1, 0.15) is 58.0 Å². The first-order chi connectivity index (χ1) is 16.0. The normalized spacial score (nSPS) is 16.3. The van der Waals surface area contributed by atoms with Crippen LogP contribution >= 0.6 is 0 Å². The Bertz CT molecular complexity index is 1160. The zero-order valence-electron chi connectivity index (χ0n) is 18.1. The summed E-state index contributed by atoms with van der Waals surface area (Å²) in [6.45, 7) is 2.15. The number of primary sulfonamides is 1. The van der Waals surface area contributed by atoms with Crippen LogP contribution in [0.2, 0.25) is 0 Å². The Morgan fingerprint density at radius 1 is 1.09 bits per heavy atom. The number of benzene rings is 1. The zero-order valence-corrected chi connectivity index (χ0v) is 19.0. The molecule has 1 aliphatic carbocycles. The number of rotatable bonds is 7. The van der Waals surface area contributed by atoms with Crippen molar-refractivity contribution in [2.45, 2.75) is 36.5 Å². The summed E-state index contributed by atoms with van der Waals surface area (Å²) in [5, 5.41) is 22.3. The second-order valence-electron chi connectivity index (χ2n) is 8.06. The number of hydrogen-bond acceptors (Lipinski definition) is 7. The molecule has 0 spiro atoms. The summed E-state index contributed by atoms with van der Waals surface area (Å²) in [4.78, 5) is 25.5. The van der Waals surface area contributed by atoms with E-state index in [1.807, 2.05) is 0 Å². The SMILES string of the molecule is NS(=O)(=O)c1ccc(C(=O)O)c(F)c1.O=C(O)c1cc(OCC2CCOCC2)nc(C2CC2)c1. The number of carboxylic acids is 2. The standard InChI is InChI=1S/C15H19NO4.C7H6FNO4S/c17-15(18)12-7-13(11-1-2-11)16-14(8-12)20-9-10-3-5-19-6-4-10;8-6-3-4(14(9,12)13)1-2-5(6)7(10)11/h7-8,10-11H,1-6,9H2,(H,17,18);1-3H,(H,10,11)(H2,9,12,13). The van der Waals surface area contributed by atoms with E-state index in [9.17, 15) is 22.4 Å². The highest BCUT2D eigenvalue weighted by Crippen LogP contribution is 2.40. The topological polar surface area (TPSA) is 166 Å². The average molecular weight is 497 g/mol. The molecule has 0 unspecified atom stereocenters. The molecule has 1 aliphatic heterocycles. The van der Waals surface area contributed by atoms with Gasteiger partial charge in [0.1, 0.15) is 5.82 Å². The Hall–Kier alpha value is -3.09. The summed E-state index contributed by atoms with van der Waals surface area (Å²) in [6.07, 6.45) is 4.17. The van der Waals surface area contributed by atoms with Gasteiger partial charge in [0.25, 0.3) is 0 Å². The number of carbonyl (C=O) groups is 2. The van der Waals surface area contributed by atoms with Gasteiger partial charge in [-0.15, -0.1) is 0 Å². The lowest BCUT2D eigenvalue weighted by Crippen LogP contribution is -2.21. The molecule has 184 valence electrons. The van der Waals surface area contributed by atoms with Crippen LogP contribution in [0.3, 0.4) is 0 Å². The van der Waals surface area contributed by atoms with Gasteiger partial charge in [0.15, 0.2) is 0 Å². The number of nitrogens with zero attached hydrogens (tertiary/aromatic N) is 1. The van der Waals surface area contributed by atoms with Gasteiger partial charge in [-0.3, -0.25) is 0 Å². The van der Waals surface area contributed by atoms with E-state index < -0.39 is 38.2 Å². The number of nitrogens with two attached hydrogens (primary N) is 1. The van der Waals surface area contributed by atoms with Crippen molar-refractivity contribution in [3.63, 3.8) is 0 Å². The maximum absolute atomic E-state index is 12.9. The molecule has 1 aromatic carbocycles. The quantitative estimate of drug-likeness (QED) is 0.522. The number of halogens is 1. The molecule has 0 amide bonds. The molecule has 10 nitrogen and oxygen atoms in total. The fourth-order valence-corrected chi connectivity index (χ4v) is 3.80. The molecule has 12 heteroatoms. The number of sulfonamides is 1. The maximum Gasteiger partial charge on any atom is 0.338 e. The van der Waals surface area contributed by atoms with Crippen molar-refractivity contribution in [2.75, 3.05) is 19.8 Å². The van der Waals surface area contributed by atoms with Gasteiger partial charge in [-0.05, 0) is 55.9 Å². The molecule has 2 fully saturated rings. The Morgan fingerprint density at radius 2 is 1.76 bits per heavy atom. The molecule has 1 aromatic heterocycles. The van der Waals surface area contributed by atoms with Gasteiger partial charge in [-0.2, -0.15) is 0 Å².